The van der Waals surface area contributed by atoms with E-state index in [9.17, 15) is 14.9 Å². The van der Waals surface area contributed by atoms with Gasteiger partial charge in [0.2, 0.25) is 5.91 Å². The number of nitro groups is 1. The molecule has 4 N–H and O–H groups in total. The number of hydrogen-bond acceptors (Lipinski definition) is 5. The second-order valence-corrected chi connectivity index (χ2v) is 6.34. The first kappa shape index (κ1) is 18.6. The van der Waals surface area contributed by atoms with Crippen LogP contribution in [-0.4, -0.2) is 26.3 Å². The molecule has 0 bridgehead atoms. The molecule has 0 radical (unpaired) electrons. The van der Waals surface area contributed by atoms with Crippen LogP contribution in [0.3, 0.4) is 0 Å². The highest BCUT2D eigenvalue weighted by Gasteiger charge is 2.37. The maximum absolute atomic E-state index is 12.7. The van der Waals surface area contributed by atoms with Gasteiger partial charge in [-0.2, -0.15) is 0 Å². The summed E-state index contributed by atoms with van der Waals surface area (Å²) in [6, 6.07) is 6.33. The van der Waals surface area contributed by atoms with Crippen molar-refractivity contribution in [2.24, 2.45) is 11.7 Å². The van der Waals surface area contributed by atoms with Crippen LogP contribution < -0.4 is 11.1 Å². The molecule has 134 valence electrons. The minimum absolute atomic E-state index is 0.0209. The number of aromatic amines is 1. The third-order valence-electron chi connectivity index (χ3n) is 4.44. The van der Waals surface area contributed by atoms with Crippen molar-refractivity contribution >= 4 is 11.6 Å². The molecule has 0 saturated heterocycles. The number of nitrogens with two attached hydrogens (primary N) is 1. The Morgan fingerprint density at radius 2 is 2.16 bits per heavy atom. The van der Waals surface area contributed by atoms with Gasteiger partial charge in [-0.05, 0) is 18.8 Å². The molecule has 1 amide bonds. The first-order chi connectivity index (χ1) is 11.8. The van der Waals surface area contributed by atoms with Crippen LogP contribution in [0.5, 0.6) is 0 Å². The number of aromatic nitrogens is 2. The van der Waals surface area contributed by atoms with Gasteiger partial charge in [0.15, 0.2) is 0 Å². The Morgan fingerprint density at radius 1 is 1.44 bits per heavy atom. The average Bonchev–Trinajstić information content (AvgIpc) is 3.11. The maximum atomic E-state index is 12.7. The molecule has 0 aliphatic rings. The van der Waals surface area contributed by atoms with Crippen molar-refractivity contribution < 1.29 is 9.72 Å². The maximum Gasteiger partial charge on any atom is 0.274 e. The van der Waals surface area contributed by atoms with Gasteiger partial charge >= 0.3 is 0 Å². The molecule has 1 heterocycles. The number of amides is 1. The number of H-pyrrole nitrogens is 1. The summed E-state index contributed by atoms with van der Waals surface area (Å²) in [6.07, 6.45) is 4.31. The summed E-state index contributed by atoms with van der Waals surface area (Å²) in [5, 5.41) is 13.8. The molecule has 1 aromatic heterocycles. The van der Waals surface area contributed by atoms with Gasteiger partial charge in [-0.15, -0.1) is 0 Å². The lowest BCUT2D eigenvalue weighted by atomic mass is 9.82. The standard InChI is InChI=1S/C17H23N5O3/c1-12(2)17(18,8-7-14-10-19-11-21-14)16(23)20-9-13-5-3-4-6-15(13)22(24)25/h3-6,10-12H,7-9,18H2,1-2H3,(H,19,21)(H,20,23)/t17-/m0/s1. The van der Waals surface area contributed by atoms with Gasteiger partial charge in [0.05, 0.1) is 16.8 Å². The van der Waals surface area contributed by atoms with E-state index in [1.54, 1.807) is 30.7 Å². The van der Waals surface area contributed by atoms with Gasteiger partial charge in [-0.25, -0.2) is 4.98 Å². The predicted octanol–water partition coefficient (Wildman–Crippen LogP) is 1.92. The summed E-state index contributed by atoms with van der Waals surface area (Å²) in [4.78, 5) is 30.2. The van der Waals surface area contributed by atoms with E-state index in [0.29, 0.717) is 18.4 Å². The largest absolute Gasteiger partial charge is 0.350 e. The minimum atomic E-state index is -1.07. The molecule has 0 aliphatic heterocycles. The number of nitro benzene ring substituents is 1. The summed E-state index contributed by atoms with van der Waals surface area (Å²) < 4.78 is 0. The number of rotatable bonds is 8. The third kappa shape index (κ3) is 4.42. The number of nitrogens with one attached hydrogen (secondary N) is 2. The van der Waals surface area contributed by atoms with Crippen molar-refractivity contribution in [2.75, 3.05) is 0 Å². The molecule has 2 rings (SSSR count). The second-order valence-electron chi connectivity index (χ2n) is 6.34. The number of carbonyl (C=O) groups is 1. The fourth-order valence-electron chi connectivity index (χ4n) is 2.61. The topological polar surface area (TPSA) is 127 Å². The van der Waals surface area contributed by atoms with Crippen molar-refractivity contribution in [2.45, 2.75) is 38.8 Å². The summed E-state index contributed by atoms with van der Waals surface area (Å²) in [6.45, 7) is 3.83. The van der Waals surface area contributed by atoms with Crippen molar-refractivity contribution in [3.8, 4) is 0 Å². The molecular weight excluding hydrogens is 322 g/mol. The Morgan fingerprint density at radius 3 is 2.76 bits per heavy atom. The van der Waals surface area contributed by atoms with Gasteiger partial charge in [0.1, 0.15) is 0 Å². The zero-order chi connectivity index (χ0) is 18.4. The van der Waals surface area contributed by atoms with E-state index in [1.807, 2.05) is 13.8 Å². The van der Waals surface area contributed by atoms with Crippen LogP contribution in [0, 0.1) is 16.0 Å². The Labute approximate surface area is 146 Å². The first-order valence-corrected chi connectivity index (χ1v) is 8.11. The Hall–Kier alpha value is -2.74. The van der Waals surface area contributed by atoms with Crippen LogP contribution in [0.25, 0.3) is 0 Å². The van der Waals surface area contributed by atoms with Gasteiger partial charge in [-0.3, -0.25) is 14.9 Å². The number of nitrogens with zero attached hydrogens (tertiary/aromatic N) is 2. The monoisotopic (exact) mass is 345 g/mol. The normalized spacial score (nSPS) is 13.4. The lowest BCUT2D eigenvalue weighted by molar-refractivity contribution is -0.385. The van der Waals surface area contributed by atoms with Gasteiger partial charge < -0.3 is 16.0 Å². The zero-order valence-corrected chi connectivity index (χ0v) is 14.4. The number of carbonyl (C=O) groups excluding carboxylic acids is 1. The van der Waals surface area contributed by atoms with Crippen LogP contribution in [0.2, 0.25) is 0 Å². The van der Waals surface area contributed by atoms with E-state index in [1.165, 1.54) is 6.07 Å². The van der Waals surface area contributed by atoms with Gasteiger partial charge in [0, 0.05) is 30.1 Å². The van der Waals surface area contributed by atoms with Crippen LogP contribution in [-0.2, 0) is 17.8 Å². The van der Waals surface area contributed by atoms with Crippen molar-refractivity contribution in [3.05, 3.63) is 58.2 Å². The van der Waals surface area contributed by atoms with Crippen molar-refractivity contribution in [1.29, 1.82) is 0 Å². The van der Waals surface area contributed by atoms with E-state index in [4.69, 9.17) is 5.73 Å². The van der Waals surface area contributed by atoms with E-state index in [0.717, 1.165) is 5.69 Å². The lowest BCUT2D eigenvalue weighted by Crippen LogP contribution is -2.57. The molecule has 1 aromatic carbocycles. The SMILES string of the molecule is CC(C)[C@@](N)(CCc1cnc[nH]1)C(=O)NCc1ccccc1[N+](=O)[O-]. The third-order valence-corrected chi connectivity index (χ3v) is 4.44. The number of aryl methyl sites for hydroxylation is 1. The quantitative estimate of drug-likeness (QED) is 0.497. The molecule has 1 atom stereocenters. The first-order valence-electron chi connectivity index (χ1n) is 8.11. The zero-order valence-electron chi connectivity index (χ0n) is 14.4. The van der Waals surface area contributed by atoms with Crippen molar-refractivity contribution in [1.82, 2.24) is 15.3 Å². The molecule has 0 aliphatic carbocycles. The van der Waals surface area contributed by atoms with E-state index >= 15 is 0 Å². The highest BCUT2D eigenvalue weighted by Crippen LogP contribution is 2.22. The summed E-state index contributed by atoms with van der Waals surface area (Å²) in [5.41, 5.74) is 6.64. The number of benzene rings is 1. The number of para-hydroxylation sites is 1. The predicted molar refractivity (Wildman–Crippen MR) is 93.6 cm³/mol. The average molecular weight is 345 g/mol. The molecule has 8 nitrogen and oxygen atoms in total. The van der Waals surface area contributed by atoms with Crippen LogP contribution >= 0.6 is 0 Å². The van der Waals surface area contributed by atoms with E-state index in [-0.39, 0.29) is 24.1 Å². The summed E-state index contributed by atoms with van der Waals surface area (Å²) in [7, 11) is 0. The van der Waals surface area contributed by atoms with Gasteiger partial charge in [-0.1, -0.05) is 32.0 Å². The second kappa shape index (κ2) is 7.89. The van der Waals surface area contributed by atoms with Crippen LogP contribution in [0.1, 0.15) is 31.5 Å². The molecule has 0 fully saturated rings. The smallest absolute Gasteiger partial charge is 0.274 e. The molecular formula is C17H23N5O3. The Balaban J connectivity index is 2.06. The molecule has 25 heavy (non-hydrogen) atoms. The van der Waals surface area contributed by atoms with Gasteiger partial charge in [0.25, 0.3) is 5.69 Å². The molecule has 0 unspecified atom stereocenters. The Kier molecular flexibility index (Phi) is 5.87. The van der Waals surface area contributed by atoms with Crippen molar-refractivity contribution in [3.63, 3.8) is 0 Å². The highest BCUT2D eigenvalue weighted by molar-refractivity contribution is 5.86. The minimum Gasteiger partial charge on any atom is -0.350 e. The molecule has 0 spiro atoms. The summed E-state index contributed by atoms with van der Waals surface area (Å²) >= 11 is 0. The highest BCUT2D eigenvalue weighted by atomic mass is 16.6. The lowest BCUT2D eigenvalue weighted by Gasteiger charge is -2.32. The molecule has 8 heteroatoms. The van der Waals surface area contributed by atoms with Crippen LogP contribution in [0.15, 0.2) is 36.8 Å². The number of imidazole rings is 1. The fourth-order valence-corrected chi connectivity index (χ4v) is 2.61. The fraction of sp³-hybridized carbons (Fsp3) is 0.412. The summed E-state index contributed by atoms with van der Waals surface area (Å²) in [5.74, 6) is -0.415. The molecule has 0 saturated carbocycles. The van der Waals surface area contributed by atoms with E-state index in [2.05, 4.69) is 15.3 Å². The Bertz CT molecular complexity index is 730. The van der Waals surface area contributed by atoms with E-state index < -0.39 is 10.5 Å². The number of hydrogen-bond donors (Lipinski definition) is 3. The van der Waals surface area contributed by atoms with Crippen LogP contribution in [0.4, 0.5) is 5.69 Å². The molecule has 2 aromatic rings.